The van der Waals surface area contributed by atoms with Crippen molar-refractivity contribution < 1.29 is 32.2 Å². The number of nitrogens with two attached hydrogens (primary N) is 1. The molecule has 0 bridgehead atoms. The molecule has 180 valence electrons. The molecule has 0 aliphatic carbocycles. The lowest BCUT2D eigenvalue weighted by Crippen LogP contribution is -2.20. The molecule has 34 heavy (non-hydrogen) atoms. The quantitative estimate of drug-likeness (QED) is 0.345. The number of nitrogens with zero attached hydrogens (tertiary/aromatic N) is 1. The van der Waals surface area contributed by atoms with Crippen molar-refractivity contribution >= 4 is 21.8 Å². The maximum atomic E-state index is 12.7. The summed E-state index contributed by atoms with van der Waals surface area (Å²) in [5, 5.41) is 5.15. The highest BCUT2D eigenvalue weighted by Crippen LogP contribution is 2.26. The molecule has 0 atom stereocenters. The van der Waals surface area contributed by atoms with Crippen molar-refractivity contribution in [2.24, 2.45) is 5.14 Å². The van der Waals surface area contributed by atoms with E-state index in [1.807, 2.05) is 13.8 Å². The summed E-state index contributed by atoms with van der Waals surface area (Å²) in [6.07, 6.45) is 0. The fourth-order valence-corrected chi connectivity index (χ4v) is 3.99. The van der Waals surface area contributed by atoms with Crippen LogP contribution in [0, 0.1) is 13.8 Å². The molecule has 0 unspecified atom stereocenters. The normalized spacial score (nSPS) is 11.2. The number of carbonyl (C=O) groups is 2. The molecule has 0 aliphatic heterocycles. The van der Waals surface area contributed by atoms with Crippen LogP contribution < -0.4 is 14.6 Å². The first-order valence-corrected chi connectivity index (χ1v) is 12.0. The molecule has 10 heteroatoms. The highest BCUT2D eigenvalue weighted by Gasteiger charge is 2.19. The van der Waals surface area contributed by atoms with E-state index in [1.54, 1.807) is 54.0 Å². The van der Waals surface area contributed by atoms with E-state index >= 15 is 0 Å². The minimum atomic E-state index is -3.80. The van der Waals surface area contributed by atoms with Crippen molar-refractivity contribution in [2.75, 3.05) is 19.8 Å². The van der Waals surface area contributed by atoms with E-state index in [0.29, 0.717) is 35.1 Å². The third-order valence-corrected chi connectivity index (χ3v) is 5.94. The number of aryl methyl sites for hydroxylation is 1. The summed E-state index contributed by atoms with van der Waals surface area (Å²) in [6, 6.07) is 14.6. The Morgan fingerprint density at radius 2 is 1.56 bits per heavy atom. The monoisotopic (exact) mass is 486 g/mol. The Bertz CT molecular complexity index is 1300. The molecule has 0 saturated carbocycles. The van der Waals surface area contributed by atoms with Gasteiger partial charge in [-0.05, 0) is 63.2 Å². The van der Waals surface area contributed by atoms with Gasteiger partial charge in [0.1, 0.15) is 0 Å². The van der Waals surface area contributed by atoms with Gasteiger partial charge in [-0.25, -0.2) is 18.4 Å². The third-order valence-electron chi connectivity index (χ3n) is 5.01. The number of carbonyl (C=O) groups excluding carboxylic acids is 2. The Kier molecular flexibility index (Phi) is 7.75. The maximum Gasteiger partial charge on any atom is 0.344 e. The van der Waals surface area contributed by atoms with Gasteiger partial charge in [0.25, 0.3) is 0 Å². The van der Waals surface area contributed by atoms with Gasteiger partial charge in [-0.3, -0.25) is 4.79 Å². The smallest absolute Gasteiger partial charge is 0.344 e. The van der Waals surface area contributed by atoms with Crippen LogP contribution >= 0.6 is 0 Å². The molecule has 0 aliphatic rings. The molecule has 0 fully saturated rings. The Morgan fingerprint density at radius 3 is 2.15 bits per heavy atom. The van der Waals surface area contributed by atoms with Crippen LogP contribution in [0.25, 0.3) is 5.69 Å². The number of ketones is 1. The van der Waals surface area contributed by atoms with Gasteiger partial charge in [0.15, 0.2) is 24.7 Å². The molecule has 0 amide bonds. The molecule has 2 aromatic carbocycles. The fourth-order valence-electron chi connectivity index (χ4n) is 3.47. The van der Waals surface area contributed by atoms with Crippen LogP contribution in [0.2, 0.25) is 0 Å². The lowest BCUT2D eigenvalue weighted by Gasteiger charge is -2.11. The van der Waals surface area contributed by atoms with E-state index in [9.17, 15) is 18.0 Å². The van der Waals surface area contributed by atoms with Crippen molar-refractivity contribution in [3.63, 3.8) is 0 Å². The number of ether oxygens (including phenoxy) is 3. The first kappa shape index (κ1) is 25.0. The highest BCUT2D eigenvalue weighted by molar-refractivity contribution is 7.89. The standard InChI is InChI=1S/C24H26N2O7S/c1-4-31-22-7-5-6-8-23(22)32-15-24(28)33-14-21(27)20-13-16(2)26(17(20)3)18-9-11-19(12-10-18)34(25,29)30/h5-13H,4,14-15H2,1-3H3,(H2,25,29,30). The number of benzene rings is 2. The van der Waals surface area contributed by atoms with E-state index in [0.717, 1.165) is 5.69 Å². The first-order chi connectivity index (χ1) is 16.1. The predicted octanol–water partition coefficient (Wildman–Crippen LogP) is 2.95. The number of primary sulfonamides is 1. The van der Waals surface area contributed by atoms with Gasteiger partial charge in [0.05, 0.1) is 11.5 Å². The number of rotatable bonds is 10. The molecule has 3 rings (SSSR count). The zero-order valence-corrected chi connectivity index (χ0v) is 19.9. The summed E-state index contributed by atoms with van der Waals surface area (Å²) in [5.74, 6) is -0.140. The number of hydrogen-bond acceptors (Lipinski definition) is 7. The summed E-state index contributed by atoms with van der Waals surface area (Å²) < 4.78 is 40.8. The van der Waals surface area contributed by atoms with Crippen molar-refractivity contribution in [3.05, 3.63) is 71.5 Å². The Labute approximate surface area is 198 Å². The summed E-state index contributed by atoms with van der Waals surface area (Å²) >= 11 is 0. The molecule has 2 N–H and O–H groups in total. The minimum absolute atomic E-state index is 0.00646. The highest BCUT2D eigenvalue weighted by atomic mass is 32.2. The second kappa shape index (κ2) is 10.5. The number of aromatic nitrogens is 1. The Morgan fingerprint density at radius 1 is 0.941 bits per heavy atom. The van der Waals surface area contributed by atoms with Gasteiger partial charge >= 0.3 is 5.97 Å². The molecule has 1 heterocycles. The third kappa shape index (κ3) is 5.83. The van der Waals surface area contributed by atoms with E-state index in [4.69, 9.17) is 19.3 Å². The topological polar surface area (TPSA) is 127 Å². The molecule has 3 aromatic rings. The lowest BCUT2D eigenvalue weighted by molar-refractivity contribution is -0.144. The van der Waals surface area contributed by atoms with Gasteiger partial charge in [-0.1, -0.05) is 12.1 Å². The summed E-state index contributed by atoms with van der Waals surface area (Å²) in [7, 11) is -3.80. The van der Waals surface area contributed by atoms with Crippen LogP contribution in [0.5, 0.6) is 11.5 Å². The lowest BCUT2D eigenvalue weighted by atomic mass is 10.1. The SMILES string of the molecule is CCOc1ccccc1OCC(=O)OCC(=O)c1cc(C)n(-c2ccc(S(N)(=O)=O)cc2)c1C. The maximum absolute atomic E-state index is 12.7. The van der Waals surface area contributed by atoms with Crippen LogP contribution in [0.4, 0.5) is 0 Å². The molecular weight excluding hydrogens is 460 g/mol. The first-order valence-electron chi connectivity index (χ1n) is 10.5. The van der Waals surface area contributed by atoms with Gasteiger partial charge in [0.2, 0.25) is 15.8 Å². The zero-order valence-electron chi connectivity index (χ0n) is 19.1. The largest absolute Gasteiger partial charge is 0.490 e. The predicted molar refractivity (Wildman–Crippen MR) is 125 cm³/mol. The molecule has 0 saturated heterocycles. The number of Topliss-reactive ketones (excluding diaryl/α,β-unsaturated/α-hetero) is 1. The second-order valence-corrected chi connectivity index (χ2v) is 8.97. The summed E-state index contributed by atoms with van der Waals surface area (Å²) in [6.45, 7) is 5.05. The summed E-state index contributed by atoms with van der Waals surface area (Å²) in [4.78, 5) is 24.8. The van der Waals surface area contributed by atoms with Gasteiger partial charge < -0.3 is 18.8 Å². The molecule has 0 spiro atoms. The van der Waals surface area contributed by atoms with Crippen molar-refractivity contribution in [1.82, 2.24) is 4.57 Å². The van der Waals surface area contributed by atoms with E-state index in [1.165, 1.54) is 12.1 Å². The van der Waals surface area contributed by atoms with Crippen LogP contribution in [-0.4, -0.2) is 44.6 Å². The number of hydrogen-bond donors (Lipinski definition) is 1. The van der Waals surface area contributed by atoms with E-state index < -0.39 is 22.6 Å². The van der Waals surface area contributed by atoms with Crippen LogP contribution in [-0.2, 0) is 19.6 Å². The fraction of sp³-hybridized carbons (Fsp3) is 0.250. The van der Waals surface area contributed by atoms with Crippen molar-refractivity contribution in [1.29, 1.82) is 0 Å². The van der Waals surface area contributed by atoms with Crippen LogP contribution in [0.1, 0.15) is 28.7 Å². The average molecular weight is 487 g/mol. The van der Waals surface area contributed by atoms with Crippen LogP contribution in [0.3, 0.4) is 0 Å². The zero-order chi connectivity index (χ0) is 24.9. The molecule has 0 radical (unpaired) electrons. The summed E-state index contributed by atoms with van der Waals surface area (Å²) in [5.41, 5.74) is 2.44. The molecular formula is C24H26N2O7S. The minimum Gasteiger partial charge on any atom is -0.490 e. The second-order valence-electron chi connectivity index (χ2n) is 7.41. The van der Waals surface area contributed by atoms with Crippen LogP contribution in [0.15, 0.2) is 59.5 Å². The van der Waals surface area contributed by atoms with E-state index in [-0.39, 0.29) is 17.3 Å². The molecule has 1 aromatic heterocycles. The van der Waals surface area contributed by atoms with Crippen molar-refractivity contribution in [2.45, 2.75) is 25.7 Å². The number of esters is 1. The van der Waals surface area contributed by atoms with E-state index in [2.05, 4.69) is 0 Å². The Balaban J connectivity index is 1.64. The molecule has 9 nitrogen and oxygen atoms in total. The Hall–Kier alpha value is -3.63. The number of para-hydroxylation sites is 2. The van der Waals surface area contributed by atoms with Gasteiger partial charge in [-0.2, -0.15) is 0 Å². The van der Waals surface area contributed by atoms with Gasteiger partial charge in [-0.15, -0.1) is 0 Å². The van der Waals surface area contributed by atoms with Crippen molar-refractivity contribution in [3.8, 4) is 17.2 Å². The number of sulfonamides is 1. The average Bonchev–Trinajstić information content (AvgIpc) is 3.10. The van der Waals surface area contributed by atoms with Gasteiger partial charge in [0, 0.05) is 22.6 Å².